The number of nitrogens with two attached hydrogens (primary N) is 1. The number of rotatable bonds is 4. The van der Waals surface area contributed by atoms with Crippen molar-refractivity contribution in [3.63, 3.8) is 0 Å². The molecule has 0 saturated carbocycles. The van der Waals surface area contributed by atoms with Crippen molar-refractivity contribution in [2.45, 2.75) is 13.5 Å². The van der Waals surface area contributed by atoms with Gasteiger partial charge in [-0.2, -0.15) is 8.42 Å². The molecule has 0 aliphatic heterocycles. The first-order chi connectivity index (χ1) is 7.33. The Labute approximate surface area is 93.2 Å². The van der Waals surface area contributed by atoms with Crippen LogP contribution in [0.3, 0.4) is 0 Å². The molecule has 0 heterocycles. The normalized spacial score (nSPS) is 11.5. The van der Waals surface area contributed by atoms with E-state index in [1.165, 1.54) is 13.2 Å². The summed E-state index contributed by atoms with van der Waals surface area (Å²) in [5.74, 6) is -0.373. The first-order valence-corrected chi connectivity index (χ1v) is 5.81. The Morgan fingerprint density at radius 3 is 2.56 bits per heavy atom. The highest BCUT2D eigenvalue weighted by Gasteiger charge is 2.13. The van der Waals surface area contributed by atoms with Gasteiger partial charge in [0.05, 0.1) is 19.3 Å². The lowest BCUT2D eigenvalue weighted by molar-refractivity contribution is 0.293. The molecule has 7 heteroatoms. The monoisotopic (exact) mass is 249 g/mol. The average Bonchev–Trinajstić information content (AvgIpc) is 2.13. The number of halogens is 1. The average molecular weight is 249 g/mol. The Morgan fingerprint density at radius 2 is 2.06 bits per heavy atom. The Morgan fingerprint density at radius 1 is 1.44 bits per heavy atom. The predicted octanol–water partition coefficient (Wildman–Crippen LogP) is 0.863. The van der Waals surface area contributed by atoms with Crippen LogP contribution >= 0.6 is 0 Å². The number of aryl methyl sites for hydroxylation is 1. The zero-order valence-electron chi connectivity index (χ0n) is 8.86. The van der Waals surface area contributed by atoms with E-state index >= 15 is 0 Å². The highest BCUT2D eigenvalue weighted by Crippen LogP contribution is 2.24. The molecule has 0 atom stereocenters. The molecule has 1 rings (SSSR count). The fourth-order valence-corrected chi connectivity index (χ4v) is 1.49. The minimum absolute atomic E-state index is 0.0159. The third kappa shape index (κ3) is 3.44. The molecule has 5 nitrogen and oxygen atoms in total. The fourth-order valence-electron chi connectivity index (χ4n) is 1.20. The van der Waals surface area contributed by atoms with Gasteiger partial charge in [-0.1, -0.05) is 0 Å². The quantitative estimate of drug-likeness (QED) is 0.858. The number of hydrogen-bond acceptors (Lipinski definition) is 4. The summed E-state index contributed by atoms with van der Waals surface area (Å²) in [7, 11) is -2.74. The maximum absolute atomic E-state index is 13.5. The Kier molecular flexibility index (Phi) is 3.84. The first-order valence-electron chi connectivity index (χ1n) is 4.33. The second-order valence-electron chi connectivity index (χ2n) is 3.18. The van der Waals surface area contributed by atoms with Crippen molar-refractivity contribution in [2.24, 2.45) is 5.14 Å². The fraction of sp³-hybridized carbons (Fsp3) is 0.333. The molecule has 0 fully saturated rings. The molecule has 0 bridgehead atoms. The lowest BCUT2D eigenvalue weighted by Gasteiger charge is -2.10. The number of methoxy groups -OCH3 is 1. The van der Waals surface area contributed by atoms with Gasteiger partial charge in [0.15, 0.2) is 0 Å². The SMILES string of the molecule is COc1cc(C)cc(F)c1COS(N)(=O)=O. The van der Waals surface area contributed by atoms with Crippen LogP contribution in [0, 0.1) is 12.7 Å². The van der Waals surface area contributed by atoms with Gasteiger partial charge in [-0.05, 0) is 24.6 Å². The number of ether oxygens (including phenoxy) is 1. The lowest BCUT2D eigenvalue weighted by atomic mass is 10.1. The maximum atomic E-state index is 13.5. The van der Waals surface area contributed by atoms with E-state index in [1.54, 1.807) is 13.0 Å². The molecule has 0 saturated heterocycles. The second kappa shape index (κ2) is 4.77. The van der Waals surface area contributed by atoms with Crippen molar-refractivity contribution < 1.29 is 21.7 Å². The molecule has 0 aromatic heterocycles. The summed E-state index contributed by atoms with van der Waals surface area (Å²) in [6, 6.07) is 2.83. The van der Waals surface area contributed by atoms with Crippen LogP contribution < -0.4 is 9.88 Å². The van der Waals surface area contributed by atoms with Crippen LogP contribution in [0.2, 0.25) is 0 Å². The van der Waals surface area contributed by atoms with Gasteiger partial charge in [0.2, 0.25) is 0 Å². The molecule has 1 aromatic rings. The highest BCUT2D eigenvalue weighted by atomic mass is 32.2. The van der Waals surface area contributed by atoms with E-state index in [9.17, 15) is 12.8 Å². The molecule has 1 aromatic carbocycles. The molecular formula is C9H12FNO4S. The molecule has 0 spiro atoms. The highest BCUT2D eigenvalue weighted by molar-refractivity contribution is 7.84. The van der Waals surface area contributed by atoms with Crippen molar-refractivity contribution in [3.05, 3.63) is 29.1 Å². The predicted molar refractivity (Wildman–Crippen MR) is 55.6 cm³/mol. The number of hydrogen-bond donors (Lipinski definition) is 1. The van der Waals surface area contributed by atoms with Crippen molar-refractivity contribution >= 4 is 10.3 Å². The summed E-state index contributed by atoms with van der Waals surface area (Å²) in [5, 5.41) is 4.64. The van der Waals surface area contributed by atoms with Crippen LogP contribution in [0.15, 0.2) is 12.1 Å². The van der Waals surface area contributed by atoms with Crippen molar-refractivity contribution in [1.82, 2.24) is 0 Å². The van der Waals surface area contributed by atoms with Gasteiger partial charge in [0.1, 0.15) is 11.6 Å². The Hall–Kier alpha value is -1.18. The third-order valence-corrected chi connectivity index (χ3v) is 2.33. The zero-order chi connectivity index (χ0) is 12.3. The summed E-state index contributed by atoms with van der Waals surface area (Å²) < 4.78 is 43.9. The number of benzene rings is 1. The first kappa shape index (κ1) is 12.9. The molecule has 90 valence electrons. The summed E-state index contributed by atoms with van der Waals surface area (Å²) in [5.41, 5.74) is 0.677. The van der Waals surface area contributed by atoms with Gasteiger partial charge in [0, 0.05) is 0 Å². The van der Waals surface area contributed by atoms with E-state index in [-0.39, 0.29) is 11.3 Å². The minimum Gasteiger partial charge on any atom is -0.496 e. The van der Waals surface area contributed by atoms with Crippen LogP contribution in [-0.4, -0.2) is 15.5 Å². The molecule has 0 radical (unpaired) electrons. The molecule has 0 unspecified atom stereocenters. The van der Waals surface area contributed by atoms with Gasteiger partial charge in [0.25, 0.3) is 0 Å². The zero-order valence-corrected chi connectivity index (χ0v) is 9.67. The van der Waals surface area contributed by atoms with Crippen molar-refractivity contribution in [2.75, 3.05) is 7.11 Å². The minimum atomic E-state index is -4.10. The summed E-state index contributed by atoms with van der Waals surface area (Å²) >= 11 is 0. The van der Waals surface area contributed by atoms with E-state index in [4.69, 9.17) is 4.74 Å². The Bertz CT molecular complexity index is 487. The van der Waals surface area contributed by atoms with Gasteiger partial charge in [-0.15, -0.1) is 0 Å². The molecule has 0 aliphatic rings. The summed E-state index contributed by atoms with van der Waals surface area (Å²) in [6.45, 7) is 1.20. The third-order valence-electron chi connectivity index (χ3n) is 1.89. The standard InChI is InChI=1S/C9H12FNO4S/c1-6-3-8(10)7(9(4-6)14-2)5-15-16(11,12)13/h3-4H,5H2,1-2H3,(H2,11,12,13). The summed E-state index contributed by atoms with van der Waals surface area (Å²) in [4.78, 5) is 0. The van der Waals surface area contributed by atoms with Crippen LogP contribution in [-0.2, 0) is 21.1 Å². The van der Waals surface area contributed by atoms with Crippen molar-refractivity contribution in [1.29, 1.82) is 0 Å². The summed E-state index contributed by atoms with van der Waals surface area (Å²) in [6.07, 6.45) is 0. The van der Waals surface area contributed by atoms with Gasteiger partial charge in [-0.25, -0.2) is 9.53 Å². The van der Waals surface area contributed by atoms with Crippen LogP contribution in [0.4, 0.5) is 4.39 Å². The van der Waals surface area contributed by atoms with Gasteiger partial charge in [-0.3, -0.25) is 4.18 Å². The van der Waals surface area contributed by atoms with Gasteiger partial charge >= 0.3 is 10.3 Å². The van der Waals surface area contributed by atoms with E-state index in [0.29, 0.717) is 5.56 Å². The second-order valence-corrected chi connectivity index (χ2v) is 4.40. The van der Waals surface area contributed by atoms with Crippen LogP contribution in [0.25, 0.3) is 0 Å². The lowest BCUT2D eigenvalue weighted by Crippen LogP contribution is -2.16. The topological polar surface area (TPSA) is 78.6 Å². The van der Waals surface area contributed by atoms with E-state index in [2.05, 4.69) is 9.32 Å². The van der Waals surface area contributed by atoms with Gasteiger partial charge < -0.3 is 4.74 Å². The maximum Gasteiger partial charge on any atom is 0.333 e. The van der Waals surface area contributed by atoms with E-state index in [1.807, 2.05) is 0 Å². The van der Waals surface area contributed by atoms with Crippen LogP contribution in [0.1, 0.15) is 11.1 Å². The van der Waals surface area contributed by atoms with Crippen LogP contribution in [0.5, 0.6) is 5.75 Å². The molecule has 2 N–H and O–H groups in total. The largest absolute Gasteiger partial charge is 0.496 e. The molecular weight excluding hydrogens is 237 g/mol. The Balaban J connectivity index is 3.03. The van der Waals surface area contributed by atoms with Crippen molar-refractivity contribution in [3.8, 4) is 5.75 Å². The molecule has 0 amide bonds. The smallest absolute Gasteiger partial charge is 0.333 e. The molecule has 0 aliphatic carbocycles. The van der Waals surface area contributed by atoms with E-state index < -0.39 is 22.7 Å². The molecule has 16 heavy (non-hydrogen) atoms. The van der Waals surface area contributed by atoms with E-state index in [0.717, 1.165) is 0 Å².